The van der Waals surface area contributed by atoms with Crippen LogP contribution in [0.4, 0.5) is 0 Å². The standard InChI is InChI=1S/C76H149NO5/c1-3-5-7-9-11-13-15-17-45-48-52-56-60-64-68-74(79)73(72-78)77-75(80)69-65-61-57-53-49-46-43-41-39-37-35-33-31-29-27-25-23-21-19-18-20-22-24-26-28-30-32-34-36-38-40-42-44-47-51-55-59-63-67-71-82-76(81)70-66-62-58-54-50-16-14-12-10-8-6-4-2/h12,14,73-74,78-79H,3-11,13,15-72H2,1-2H3,(H,77,80)/b14-12-. The molecule has 2 atom stereocenters. The number of rotatable bonds is 72. The van der Waals surface area contributed by atoms with Gasteiger partial charge in [0.15, 0.2) is 0 Å². The lowest BCUT2D eigenvalue weighted by Gasteiger charge is -2.22. The van der Waals surface area contributed by atoms with Crippen LogP contribution in [0.15, 0.2) is 12.2 Å². The molecule has 0 aliphatic heterocycles. The summed E-state index contributed by atoms with van der Waals surface area (Å²) in [6.45, 7) is 4.97. The van der Waals surface area contributed by atoms with Crippen molar-refractivity contribution in [1.82, 2.24) is 5.32 Å². The molecule has 0 bridgehead atoms. The van der Waals surface area contributed by atoms with Crippen molar-refractivity contribution in [3.63, 3.8) is 0 Å². The van der Waals surface area contributed by atoms with Gasteiger partial charge in [-0.1, -0.05) is 386 Å². The Morgan fingerprint density at radius 3 is 0.890 bits per heavy atom. The van der Waals surface area contributed by atoms with E-state index < -0.39 is 12.1 Å². The van der Waals surface area contributed by atoms with Crippen molar-refractivity contribution in [2.45, 2.75) is 450 Å². The summed E-state index contributed by atoms with van der Waals surface area (Å²) in [5.74, 6) is -0.0109. The summed E-state index contributed by atoms with van der Waals surface area (Å²) in [5.41, 5.74) is 0. The first-order chi connectivity index (χ1) is 40.5. The molecule has 6 heteroatoms. The second-order valence-corrected chi connectivity index (χ2v) is 26.3. The third-order valence-electron chi connectivity index (χ3n) is 18.1. The van der Waals surface area contributed by atoms with E-state index in [1.165, 1.54) is 360 Å². The van der Waals surface area contributed by atoms with Crippen molar-refractivity contribution in [2.24, 2.45) is 0 Å². The Balaban J connectivity index is 3.27. The quantitative estimate of drug-likeness (QED) is 0.0320. The van der Waals surface area contributed by atoms with Crippen molar-refractivity contribution < 1.29 is 24.5 Å². The SMILES string of the molecule is CCCCC/C=C\CCCCCCCC(=O)OCCCCCCCCCCCCCCCCCCCCCCCCCCCCCCCCCCCCCCCCCC(=O)NC(CO)C(O)CCCCCCCCCCCCCCCC. The van der Waals surface area contributed by atoms with Crippen LogP contribution >= 0.6 is 0 Å². The number of carbonyl (C=O) groups is 2. The van der Waals surface area contributed by atoms with Gasteiger partial charge in [-0.25, -0.2) is 0 Å². The average Bonchev–Trinajstić information content (AvgIpc) is 3.48. The molecule has 0 aromatic heterocycles. The van der Waals surface area contributed by atoms with E-state index in [2.05, 4.69) is 31.3 Å². The maximum atomic E-state index is 12.5. The minimum absolute atomic E-state index is 0.0147. The zero-order chi connectivity index (χ0) is 59.2. The molecule has 0 aliphatic carbocycles. The lowest BCUT2D eigenvalue weighted by Crippen LogP contribution is -2.45. The van der Waals surface area contributed by atoms with Gasteiger partial charge in [0.1, 0.15) is 0 Å². The van der Waals surface area contributed by atoms with Crippen molar-refractivity contribution in [3.8, 4) is 0 Å². The molecule has 488 valence electrons. The average molecular weight is 1160 g/mol. The molecule has 0 heterocycles. The summed E-state index contributed by atoms with van der Waals surface area (Å²) in [6.07, 6.45) is 90.2. The smallest absolute Gasteiger partial charge is 0.305 e. The molecule has 0 saturated carbocycles. The molecule has 0 radical (unpaired) electrons. The Morgan fingerprint density at radius 2 is 0.573 bits per heavy atom. The molecule has 0 aliphatic rings. The second kappa shape index (κ2) is 72.1. The summed E-state index contributed by atoms with van der Waals surface area (Å²) in [7, 11) is 0. The molecule has 0 fully saturated rings. The van der Waals surface area contributed by atoms with Gasteiger partial charge in [0.25, 0.3) is 0 Å². The van der Waals surface area contributed by atoms with Gasteiger partial charge in [-0.3, -0.25) is 9.59 Å². The molecule has 0 spiro atoms. The monoisotopic (exact) mass is 1160 g/mol. The molecule has 3 N–H and O–H groups in total. The van der Waals surface area contributed by atoms with E-state index in [9.17, 15) is 19.8 Å². The number of amides is 1. The third-order valence-corrected chi connectivity index (χ3v) is 18.1. The highest BCUT2D eigenvalue weighted by Gasteiger charge is 2.20. The van der Waals surface area contributed by atoms with Crippen LogP contribution < -0.4 is 5.32 Å². The van der Waals surface area contributed by atoms with Crippen molar-refractivity contribution in [3.05, 3.63) is 12.2 Å². The maximum Gasteiger partial charge on any atom is 0.305 e. The molecule has 2 unspecified atom stereocenters. The number of unbranched alkanes of at least 4 members (excludes halogenated alkanes) is 59. The number of allylic oxidation sites excluding steroid dienone is 2. The molecule has 0 saturated heterocycles. The number of hydrogen-bond donors (Lipinski definition) is 3. The maximum absolute atomic E-state index is 12.5. The summed E-state index contributed by atoms with van der Waals surface area (Å²) >= 11 is 0. The van der Waals surface area contributed by atoms with Gasteiger partial charge in [-0.2, -0.15) is 0 Å². The van der Waals surface area contributed by atoms with E-state index in [0.29, 0.717) is 25.9 Å². The van der Waals surface area contributed by atoms with Gasteiger partial charge < -0.3 is 20.3 Å². The number of aliphatic hydroxyl groups excluding tert-OH is 2. The minimum atomic E-state index is -0.658. The Hall–Kier alpha value is -1.40. The molecule has 0 aromatic carbocycles. The number of hydrogen-bond acceptors (Lipinski definition) is 5. The number of aliphatic hydroxyl groups is 2. The van der Waals surface area contributed by atoms with Crippen molar-refractivity contribution in [1.29, 1.82) is 0 Å². The molecule has 0 rings (SSSR count). The highest BCUT2D eigenvalue weighted by Crippen LogP contribution is 2.20. The molecular weight excluding hydrogens is 1010 g/mol. The second-order valence-electron chi connectivity index (χ2n) is 26.3. The van der Waals surface area contributed by atoms with Crippen LogP contribution in [0.1, 0.15) is 438 Å². The summed E-state index contributed by atoms with van der Waals surface area (Å²) < 4.78 is 5.48. The van der Waals surface area contributed by atoms with Crippen molar-refractivity contribution >= 4 is 11.9 Å². The summed E-state index contributed by atoms with van der Waals surface area (Å²) in [6, 6.07) is -0.535. The largest absolute Gasteiger partial charge is 0.466 e. The Labute approximate surface area is 514 Å². The Bertz CT molecular complexity index is 1240. The number of nitrogens with one attached hydrogen (secondary N) is 1. The zero-order valence-electron chi connectivity index (χ0n) is 56.0. The van der Waals surface area contributed by atoms with Crippen LogP contribution in [0.25, 0.3) is 0 Å². The van der Waals surface area contributed by atoms with E-state index in [4.69, 9.17) is 4.74 Å². The van der Waals surface area contributed by atoms with Gasteiger partial charge in [0.2, 0.25) is 5.91 Å². The molecule has 1 amide bonds. The molecule has 82 heavy (non-hydrogen) atoms. The molecule has 0 aromatic rings. The van der Waals surface area contributed by atoms with Crippen LogP contribution in [0.5, 0.6) is 0 Å². The number of carbonyl (C=O) groups excluding carboxylic acids is 2. The number of ether oxygens (including phenoxy) is 1. The third kappa shape index (κ3) is 67.7. The predicted molar refractivity (Wildman–Crippen MR) is 361 cm³/mol. The zero-order valence-corrected chi connectivity index (χ0v) is 56.0. The van der Waals surface area contributed by atoms with Gasteiger partial charge in [0, 0.05) is 12.8 Å². The van der Waals surface area contributed by atoms with Crippen LogP contribution in [0.3, 0.4) is 0 Å². The predicted octanol–water partition coefficient (Wildman–Crippen LogP) is 24.7. The van der Waals surface area contributed by atoms with Crippen molar-refractivity contribution in [2.75, 3.05) is 13.2 Å². The van der Waals surface area contributed by atoms with Gasteiger partial charge in [-0.15, -0.1) is 0 Å². The normalized spacial score (nSPS) is 12.5. The molecule has 6 nitrogen and oxygen atoms in total. The first-order valence-corrected chi connectivity index (χ1v) is 37.9. The highest BCUT2D eigenvalue weighted by molar-refractivity contribution is 5.76. The topological polar surface area (TPSA) is 95.9 Å². The van der Waals surface area contributed by atoms with E-state index in [1.54, 1.807) is 0 Å². The lowest BCUT2D eigenvalue weighted by atomic mass is 10.0. The number of esters is 1. The van der Waals surface area contributed by atoms with Crippen LogP contribution in [0, 0.1) is 0 Å². The van der Waals surface area contributed by atoms with E-state index in [-0.39, 0.29) is 18.5 Å². The van der Waals surface area contributed by atoms with E-state index in [0.717, 1.165) is 44.9 Å². The van der Waals surface area contributed by atoms with Gasteiger partial charge in [0.05, 0.1) is 25.4 Å². The van der Waals surface area contributed by atoms with Crippen LogP contribution in [-0.2, 0) is 14.3 Å². The fourth-order valence-corrected chi connectivity index (χ4v) is 12.3. The summed E-state index contributed by atoms with van der Waals surface area (Å²) in [5, 5.41) is 23.3. The molecular formula is C76H149NO5. The van der Waals surface area contributed by atoms with Crippen LogP contribution in [0.2, 0.25) is 0 Å². The van der Waals surface area contributed by atoms with Gasteiger partial charge in [-0.05, 0) is 51.4 Å². The van der Waals surface area contributed by atoms with E-state index in [1.807, 2.05) is 0 Å². The summed E-state index contributed by atoms with van der Waals surface area (Å²) in [4.78, 5) is 24.5. The van der Waals surface area contributed by atoms with E-state index >= 15 is 0 Å². The lowest BCUT2D eigenvalue weighted by molar-refractivity contribution is -0.143. The highest BCUT2D eigenvalue weighted by atomic mass is 16.5. The first kappa shape index (κ1) is 80.6. The fourth-order valence-electron chi connectivity index (χ4n) is 12.3. The fraction of sp³-hybridized carbons (Fsp3) is 0.947. The minimum Gasteiger partial charge on any atom is -0.466 e. The van der Waals surface area contributed by atoms with Gasteiger partial charge >= 0.3 is 5.97 Å². The Kier molecular flexibility index (Phi) is 70.8. The van der Waals surface area contributed by atoms with Crippen LogP contribution in [-0.4, -0.2) is 47.4 Å². The first-order valence-electron chi connectivity index (χ1n) is 37.9. The Morgan fingerprint density at radius 1 is 0.329 bits per heavy atom.